The molecule has 0 radical (unpaired) electrons. The van der Waals surface area contributed by atoms with Crippen LogP contribution in [0, 0.1) is 5.82 Å². The molecule has 3 aromatic rings. The fourth-order valence-corrected chi connectivity index (χ4v) is 4.13. The molecule has 0 amide bonds. The van der Waals surface area contributed by atoms with Crippen LogP contribution in [0.3, 0.4) is 0 Å². The molecule has 0 N–H and O–H groups in total. The smallest absolute Gasteiger partial charge is 0.343 e. The monoisotopic (exact) mass is 430 g/mol. The van der Waals surface area contributed by atoms with E-state index in [9.17, 15) is 14.0 Å². The van der Waals surface area contributed by atoms with Crippen LogP contribution >= 0.6 is 11.3 Å². The van der Waals surface area contributed by atoms with E-state index >= 15 is 0 Å². The zero-order valence-electron chi connectivity index (χ0n) is 17.1. The highest BCUT2D eigenvalue weighted by Gasteiger charge is 2.28. The largest absolute Gasteiger partial charge is 0.483 e. The Bertz CT molecular complexity index is 1160. The number of aromatic nitrogens is 2. The molecule has 0 saturated heterocycles. The standard InChI is InChI=1S/C22H23FN2O4S/c1-4-28-22(27)15-9-25(13-5-6-13)18-8-19(16(23)7-14(18)21(15)26)29-10-20-24-17(11-30-20)12(2)3/h7-9,11-13H,4-6,10H2,1-3H3. The summed E-state index contributed by atoms with van der Waals surface area (Å²) < 4.78 is 27.3. The van der Waals surface area contributed by atoms with Gasteiger partial charge in [0.15, 0.2) is 11.6 Å². The van der Waals surface area contributed by atoms with Gasteiger partial charge in [-0.05, 0) is 31.7 Å². The molecule has 6 nitrogen and oxygen atoms in total. The SMILES string of the molecule is CCOC(=O)c1cn(C2CC2)c2cc(OCc3nc(C(C)C)cs3)c(F)cc2c1=O. The first-order valence-corrected chi connectivity index (χ1v) is 10.9. The van der Waals surface area contributed by atoms with Gasteiger partial charge in [-0.3, -0.25) is 4.79 Å². The number of hydrogen-bond donors (Lipinski definition) is 0. The number of rotatable bonds is 7. The van der Waals surface area contributed by atoms with Gasteiger partial charge in [-0.1, -0.05) is 13.8 Å². The van der Waals surface area contributed by atoms with Gasteiger partial charge in [-0.2, -0.15) is 0 Å². The van der Waals surface area contributed by atoms with E-state index in [4.69, 9.17) is 9.47 Å². The lowest BCUT2D eigenvalue weighted by atomic mass is 10.1. The van der Waals surface area contributed by atoms with E-state index in [0.717, 1.165) is 29.6 Å². The van der Waals surface area contributed by atoms with Crippen molar-refractivity contribution in [3.63, 3.8) is 0 Å². The highest BCUT2D eigenvalue weighted by atomic mass is 32.1. The van der Waals surface area contributed by atoms with Gasteiger partial charge in [0.1, 0.15) is 17.2 Å². The lowest BCUT2D eigenvalue weighted by molar-refractivity contribution is 0.0524. The number of benzene rings is 1. The number of hydrogen-bond acceptors (Lipinski definition) is 6. The first kappa shape index (κ1) is 20.5. The number of fused-ring (bicyclic) bond motifs is 1. The van der Waals surface area contributed by atoms with E-state index in [2.05, 4.69) is 18.8 Å². The molecular formula is C22H23FN2O4S. The molecule has 1 aliphatic rings. The van der Waals surface area contributed by atoms with Crippen molar-refractivity contribution < 1.29 is 18.7 Å². The zero-order chi connectivity index (χ0) is 21.4. The number of halogens is 1. The average Bonchev–Trinajstić information content (AvgIpc) is 3.44. The van der Waals surface area contributed by atoms with Gasteiger partial charge in [0, 0.05) is 29.1 Å². The molecule has 1 aromatic carbocycles. The van der Waals surface area contributed by atoms with Gasteiger partial charge in [0.25, 0.3) is 0 Å². The second-order valence-electron chi connectivity index (χ2n) is 7.64. The van der Waals surface area contributed by atoms with Gasteiger partial charge >= 0.3 is 5.97 Å². The Morgan fingerprint density at radius 1 is 1.37 bits per heavy atom. The lowest BCUT2D eigenvalue weighted by Gasteiger charge is -2.14. The number of ether oxygens (including phenoxy) is 2. The highest BCUT2D eigenvalue weighted by molar-refractivity contribution is 7.09. The number of esters is 1. The summed E-state index contributed by atoms with van der Waals surface area (Å²) in [5.41, 5.74) is 0.918. The van der Waals surface area contributed by atoms with Crippen molar-refractivity contribution in [1.82, 2.24) is 9.55 Å². The molecule has 0 unspecified atom stereocenters. The topological polar surface area (TPSA) is 70.4 Å². The van der Waals surface area contributed by atoms with E-state index in [1.54, 1.807) is 6.92 Å². The summed E-state index contributed by atoms with van der Waals surface area (Å²) in [4.78, 5) is 29.5. The number of nitrogens with zero attached hydrogens (tertiary/aromatic N) is 2. The van der Waals surface area contributed by atoms with Crippen molar-refractivity contribution in [3.05, 3.63) is 56.0 Å². The lowest BCUT2D eigenvalue weighted by Crippen LogP contribution is -2.21. The third kappa shape index (κ3) is 3.96. The van der Waals surface area contributed by atoms with Crippen LogP contribution in [0.15, 0.2) is 28.5 Å². The summed E-state index contributed by atoms with van der Waals surface area (Å²) in [6.45, 7) is 6.10. The number of carbonyl (C=O) groups excluding carboxylic acids is 1. The van der Waals surface area contributed by atoms with Crippen LogP contribution in [0.2, 0.25) is 0 Å². The Morgan fingerprint density at radius 2 is 2.13 bits per heavy atom. The molecule has 8 heteroatoms. The molecule has 0 atom stereocenters. The van der Waals surface area contributed by atoms with Crippen LogP contribution < -0.4 is 10.2 Å². The minimum atomic E-state index is -0.690. The van der Waals surface area contributed by atoms with Crippen LogP contribution in [0.5, 0.6) is 5.75 Å². The minimum absolute atomic E-state index is 0.0569. The maximum absolute atomic E-state index is 14.8. The second kappa shape index (κ2) is 8.18. The molecule has 1 aliphatic carbocycles. The first-order valence-electron chi connectivity index (χ1n) is 10.0. The Labute approximate surface area is 177 Å². The van der Waals surface area contributed by atoms with Crippen molar-refractivity contribution in [2.45, 2.75) is 52.2 Å². The Kier molecular flexibility index (Phi) is 5.60. The predicted molar refractivity (Wildman–Crippen MR) is 113 cm³/mol. The van der Waals surface area contributed by atoms with Gasteiger partial charge in [0.2, 0.25) is 5.43 Å². The van der Waals surface area contributed by atoms with E-state index in [1.807, 2.05) is 9.95 Å². The average molecular weight is 431 g/mol. The summed E-state index contributed by atoms with van der Waals surface area (Å²) in [5, 5.41) is 2.88. The number of carbonyl (C=O) groups is 1. The Hall–Kier alpha value is -2.74. The van der Waals surface area contributed by atoms with Crippen LogP contribution in [-0.4, -0.2) is 22.1 Å². The van der Waals surface area contributed by atoms with Crippen LogP contribution in [0.25, 0.3) is 10.9 Å². The highest BCUT2D eigenvalue weighted by Crippen LogP contribution is 2.38. The van der Waals surface area contributed by atoms with Gasteiger partial charge in [0.05, 0.1) is 17.8 Å². The molecule has 1 saturated carbocycles. The summed E-state index contributed by atoms with van der Waals surface area (Å²) in [6.07, 6.45) is 3.40. The third-order valence-corrected chi connectivity index (χ3v) is 5.87. The van der Waals surface area contributed by atoms with Gasteiger partial charge < -0.3 is 14.0 Å². The molecule has 2 aromatic heterocycles. The molecule has 0 aliphatic heterocycles. The molecule has 30 heavy (non-hydrogen) atoms. The second-order valence-corrected chi connectivity index (χ2v) is 8.58. The number of thiazole rings is 1. The first-order chi connectivity index (χ1) is 14.4. The third-order valence-electron chi connectivity index (χ3n) is 5.03. The molecule has 158 valence electrons. The van der Waals surface area contributed by atoms with E-state index < -0.39 is 17.2 Å². The molecule has 0 spiro atoms. The van der Waals surface area contributed by atoms with Crippen molar-refractivity contribution in [3.8, 4) is 5.75 Å². The number of pyridine rings is 1. The van der Waals surface area contributed by atoms with Gasteiger partial charge in [-0.15, -0.1) is 11.3 Å². The van der Waals surface area contributed by atoms with E-state index in [-0.39, 0.29) is 36.0 Å². The molecular weight excluding hydrogens is 407 g/mol. The van der Waals surface area contributed by atoms with Crippen LogP contribution in [-0.2, 0) is 11.3 Å². The predicted octanol–water partition coefficient (Wildman–Crippen LogP) is 4.81. The van der Waals surface area contributed by atoms with E-state index in [1.165, 1.54) is 23.6 Å². The summed E-state index contributed by atoms with van der Waals surface area (Å²) in [6, 6.07) is 2.86. The molecule has 0 bridgehead atoms. The summed E-state index contributed by atoms with van der Waals surface area (Å²) in [5.74, 6) is -0.969. The summed E-state index contributed by atoms with van der Waals surface area (Å²) >= 11 is 1.47. The van der Waals surface area contributed by atoms with Crippen LogP contribution in [0.1, 0.15) is 66.6 Å². The quantitative estimate of drug-likeness (QED) is 0.503. The zero-order valence-corrected chi connectivity index (χ0v) is 17.9. The van der Waals surface area contributed by atoms with E-state index in [0.29, 0.717) is 11.4 Å². The fourth-order valence-electron chi connectivity index (χ4n) is 3.27. The summed E-state index contributed by atoms with van der Waals surface area (Å²) in [7, 11) is 0. The maximum atomic E-state index is 14.8. The normalized spacial score (nSPS) is 13.8. The minimum Gasteiger partial charge on any atom is -0.483 e. The molecule has 2 heterocycles. The Balaban J connectivity index is 1.71. The fraction of sp³-hybridized carbons (Fsp3) is 0.409. The Morgan fingerprint density at radius 3 is 2.77 bits per heavy atom. The van der Waals surface area contributed by atoms with Crippen LogP contribution in [0.4, 0.5) is 4.39 Å². The maximum Gasteiger partial charge on any atom is 0.343 e. The van der Waals surface area contributed by atoms with Gasteiger partial charge in [-0.25, -0.2) is 14.2 Å². The molecule has 1 fully saturated rings. The van der Waals surface area contributed by atoms with Crippen molar-refractivity contribution >= 4 is 28.2 Å². The van der Waals surface area contributed by atoms with Crippen molar-refractivity contribution in [1.29, 1.82) is 0 Å². The van der Waals surface area contributed by atoms with Crippen molar-refractivity contribution in [2.24, 2.45) is 0 Å². The van der Waals surface area contributed by atoms with Crippen molar-refractivity contribution in [2.75, 3.05) is 6.61 Å². The molecule has 4 rings (SSSR count).